The number of H-pyrrole nitrogens is 1. The van der Waals surface area contributed by atoms with E-state index in [9.17, 15) is 38.4 Å². The summed E-state index contributed by atoms with van der Waals surface area (Å²) in [6, 6.07) is 0. The first kappa shape index (κ1) is 27.2. The van der Waals surface area contributed by atoms with Crippen LogP contribution in [0.5, 0.6) is 0 Å². The highest BCUT2D eigenvalue weighted by atomic mass is 79.9. The number of hydroxylamine groups is 1. The van der Waals surface area contributed by atoms with E-state index >= 15 is 0 Å². The zero-order valence-electron chi connectivity index (χ0n) is 15.1. The van der Waals surface area contributed by atoms with E-state index in [1.807, 2.05) is 4.98 Å². The zero-order valence-corrected chi connectivity index (χ0v) is 19.4. The Morgan fingerprint density at radius 3 is 2.31 bits per heavy atom. The quantitative estimate of drug-likeness (QED) is 0.156. The molecule has 0 spiro atoms. The molecule has 18 nitrogen and oxygen atoms in total. The van der Waals surface area contributed by atoms with Crippen molar-refractivity contribution in [1.29, 1.82) is 0 Å². The van der Waals surface area contributed by atoms with Gasteiger partial charge in [-0.15, -0.1) is 0 Å². The highest BCUT2D eigenvalue weighted by molar-refractivity contribution is 9.11. The number of aromatic nitrogens is 2. The van der Waals surface area contributed by atoms with Crippen molar-refractivity contribution < 1.29 is 61.5 Å². The Balaban J connectivity index is 2.14. The summed E-state index contributed by atoms with van der Waals surface area (Å²) in [5, 5.41) is 20.5. The SMILES string of the molecule is O=c1[nH]c(=O)n(N2O[C@H](COP(=O)(O)OP(=O)(O)OP(=O)(O)O)[C@@H](O)[C@H]2O)cc1/C=C\Br. The fourth-order valence-corrected chi connectivity index (χ4v) is 5.49. The molecule has 1 saturated heterocycles. The Hall–Kier alpha value is -1.01. The lowest BCUT2D eigenvalue weighted by Gasteiger charge is -2.22. The molecule has 22 heteroatoms. The van der Waals surface area contributed by atoms with Gasteiger partial charge in [0.05, 0.1) is 12.2 Å². The predicted octanol–water partition coefficient (Wildman–Crippen LogP) is -1.82. The minimum Gasteiger partial charge on any atom is -0.385 e. The van der Waals surface area contributed by atoms with Crippen LogP contribution in [0.4, 0.5) is 0 Å². The number of nitrogens with one attached hydrogen (secondary N) is 1. The minimum absolute atomic E-state index is 0.0801. The van der Waals surface area contributed by atoms with Crippen LogP contribution in [0.2, 0.25) is 0 Å². The lowest BCUT2D eigenvalue weighted by atomic mass is 10.2. The summed E-state index contributed by atoms with van der Waals surface area (Å²) in [5.41, 5.74) is -1.97. The van der Waals surface area contributed by atoms with Crippen LogP contribution in [0.15, 0.2) is 20.8 Å². The molecular formula is C10H15BrN3O15P3. The standard InChI is InChI=1S/C10H15BrN3O15P3/c11-2-1-5-3-13(10(18)12-8(5)16)14-9(17)7(15)6(27-14)4-26-31(22,23)29-32(24,25)28-30(19,20)21/h1-3,6-7,9,15,17H,4H2,(H,22,23)(H,24,25)(H,12,16,18)(H2,19,20,21)/b2-1-/t6-,7-,9-/m1/s1. The minimum atomic E-state index is -5.76. The van der Waals surface area contributed by atoms with E-state index in [0.29, 0.717) is 9.85 Å². The van der Waals surface area contributed by atoms with Crippen LogP contribution in [0.25, 0.3) is 6.08 Å². The molecule has 0 bridgehead atoms. The second-order valence-corrected chi connectivity index (χ2v) is 10.7. The molecule has 5 atom stereocenters. The van der Waals surface area contributed by atoms with Gasteiger partial charge >= 0.3 is 29.2 Å². The first-order chi connectivity index (χ1) is 14.6. The van der Waals surface area contributed by atoms with Gasteiger partial charge in [-0.3, -0.25) is 14.3 Å². The van der Waals surface area contributed by atoms with E-state index in [2.05, 4.69) is 29.1 Å². The number of aliphatic hydroxyl groups is 2. The smallest absolute Gasteiger partial charge is 0.385 e. The third-order valence-electron chi connectivity index (χ3n) is 3.38. The van der Waals surface area contributed by atoms with Crippen LogP contribution in [0.1, 0.15) is 5.56 Å². The number of halogens is 1. The third kappa shape index (κ3) is 7.24. The summed E-state index contributed by atoms with van der Waals surface area (Å²) in [5.74, 6) is 0. The van der Waals surface area contributed by atoms with Crippen molar-refractivity contribution in [2.45, 2.75) is 18.4 Å². The third-order valence-corrected chi connectivity index (χ3v) is 7.45. The largest absolute Gasteiger partial charge is 0.490 e. The maximum Gasteiger partial charge on any atom is 0.490 e. The fourth-order valence-electron chi connectivity index (χ4n) is 2.17. The number of aromatic amines is 1. The van der Waals surface area contributed by atoms with Gasteiger partial charge in [-0.25, -0.2) is 23.3 Å². The van der Waals surface area contributed by atoms with Gasteiger partial charge in [-0.2, -0.15) is 18.5 Å². The zero-order chi connectivity index (χ0) is 24.5. The number of aliphatic hydroxyl groups excluding tert-OH is 2. The summed E-state index contributed by atoms with van der Waals surface area (Å²) in [6.45, 7) is -1.11. The van der Waals surface area contributed by atoms with Gasteiger partial charge in [0.2, 0.25) is 0 Å². The van der Waals surface area contributed by atoms with Gasteiger partial charge in [-0.1, -0.05) is 15.9 Å². The van der Waals surface area contributed by atoms with E-state index in [0.717, 1.165) is 6.20 Å². The Labute approximate surface area is 184 Å². The van der Waals surface area contributed by atoms with E-state index in [1.54, 1.807) is 0 Å². The van der Waals surface area contributed by atoms with Crippen molar-refractivity contribution in [1.82, 2.24) is 9.66 Å². The van der Waals surface area contributed by atoms with Gasteiger partial charge in [0.15, 0.2) is 6.23 Å². The lowest BCUT2D eigenvalue weighted by Crippen LogP contribution is -2.49. The van der Waals surface area contributed by atoms with Gasteiger partial charge in [0, 0.05) is 6.20 Å². The average molecular weight is 590 g/mol. The first-order valence-electron chi connectivity index (χ1n) is 7.79. The van der Waals surface area contributed by atoms with Crippen LogP contribution in [0.3, 0.4) is 0 Å². The number of nitrogens with zero attached hydrogens (tertiary/aromatic N) is 2. The summed E-state index contributed by atoms with van der Waals surface area (Å²) >= 11 is 2.93. The van der Waals surface area contributed by atoms with Gasteiger partial charge in [0.25, 0.3) is 5.56 Å². The van der Waals surface area contributed by atoms with Crippen LogP contribution in [-0.4, -0.2) is 64.5 Å². The number of hydrogen-bond donors (Lipinski definition) is 7. The molecule has 2 unspecified atom stereocenters. The van der Waals surface area contributed by atoms with Crippen molar-refractivity contribution >= 4 is 45.5 Å². The van der Waals surface area contributed by atoms with Crippen molar-refractivity contribution in [2.75, 3.05) is 11.8 Å². The molecule has 32 heavy (non-hydrogen) atoms. The molecule has 2 heterocycles. The highest BCUT2D eigenvalue weighted by Gasteiger charge is 2.46. The highest BCUT2D eigenvalue weighted by Crippen LogP contribution is 2.66. The summed E-state index contributed by atoms with van der Waals surface area (Å²) in [7, 11) is -16.9. The summed E-state index contributed by atoms with van der Waals surface area (Å²) in [4.78, 5) is 67.5. The molecule has 1 aromatic heterocycles. The van der Waals surface area contributed by atoms with E-state index in [1.165, 1.54) is 11.1 Å². The normalized spacial score (nSPS) is 25.7. The second-order valence-electron chi connectivity index (χ2n) is 5.72. The number of hydrogen-bond acceptors (Lipinski definition) is 12. The van der Waals surface area contributed by atoms with Gasteiger partial charge in [-0.05, 0) is 11.1 Å². The molecule has 1 aromatic rings. The topological polar surface area (TPSA) is 268 Å². The molecule has 182 valence electrons. The summed E-state index contributed by atoms with van der Waals surface area (Å²) in [6.07, 6.45) is -3.37. The van der Waals surface area contributed by atoms with Crippen molar-refractivity contribution in [3.8, 4) is 0 Å². The predicted molar refractivity (Wildman–Crippen MR) is 104 cm³/mol. The van der Waals surface area contributed by atoms with Crippen molar-refractivity contribution in [3.05, 3.63) is 37.6 Å². The van der Waals surface area contributed by atoms with E-state index in [4.69, 9.17) is 19.5 Å². The molecule has 1 aliphatic heterocycles. The lowest BCUT2D eigenvalue weighted by molar-refractivity contribution is -0.0231. The van der Waals surface area contributed by atoms with Gasteiger partial charge < -0.3 is 29.8 Å². The monoisotopic (exact) mass is 589 g/mol. The molecule has 0 saturated carbocycles. The second kappa shape index (κ2) is 10.1. The molecule has 7 N–H and O–H groups in total. The van der Waals surface area contributed by atoms with E-state index in [-0.39, 0.29) is 5.56 Å². The average Bonchev–Trinajstić information content (AvgIpc) is 2.87. The van der Waals surface area contributed by atoms with Crippen molar-refractivity contribution in [2.24, 2.45) is 0 Å². The molecule has 1 fully saturated rings. The van der Waals surface area contributed by atoms with Crippen LogP contribution >= 0.6 is 39.4 Å². The Morgan fingerprint density at radius 2 is 1.75 bits per heavy atom. The van der Waals surface area contributed by atoms with Crippen LogP contribution in [-0.2, 0) is 31.7 Å². The van der Waals surface area contributed by atoms with Gasteiger partial charge in [0.1, 0.15) is 12.2 Å². The molecule has 0 radical (unpaired) electrons. The molecule has 0 aromatic carbocycles. The maximum absolute atomic E-state index is 12.0. The number of phosphoric acid groups is 3. The molecule has 0 aliphatic carbocycles. The molecule has 1 aliphatic rings. The Morgan fingerprint density at radius 1 is 1.12 bits per heavy atom. The fraction of sp³-hybridized carbons (Fsp3) is 0.400. The maximum atomic E-state index is 12.0. The molecule has 2 rings (SSSR count). The van der Waals surface area contributed by atoms with Crippen molar-refractivity contribution in [3.63, 3.8) is 0 Å². The summed E-state index contributed by atoms with van der Waals surface area (Å²) < 4.78 is 45.5. The molecular weight excluding hydrogens is 575 g/mol. The van der Waals surface area contributed by atoms with E-state index < -0.39 is 59.8 Å². The first-order valence-corrected chi connectivity index (χ1v) is 13.2. The Kier molecular flexibility index (Phi) is 8.58. The van der Waals surface area contributed by atoms with Crippen LogP contribution in [0, 0.1) is 0 Å². The van der Waals surface area contributed by atoms with Crippen LogP contribution < -0.4 is 16.4 Å². The number of rotatable bonds is 9. The Bertz CT molecular complexity index is 1130. The molecule has 0 amide bonds. The number of phosphoric ester groups is 1.